The van der Waals surface area contributed by atoms with E-state index < -0.39 is 0 Å². The largest absolute Gasteiger partial charge is 0.336 e. The molecule has 0 unspecified atom stereocenters. The van der Waals surface area contributed by atoms with Crippen LogP contribution in [0.4, 0.5) is 23.1 Å². The number of nitrogens with zero attached hydrogens (tertiary/aromatic N) is 4. The van der Waals surface area contributed by atoms with Crippen molar-refractivity contribution >= 4 is 46.3 Å². The van der Waals surface area contributed by atoms with E-state index in [1.165, 1.54) is 6.20 Å². The summed E-state index contributed by atoms with van der Waals surface area (Å²) < 4.78 is 0. The van der Waals surface area contributed by atoms with Crippen LogP contribution in [0.3, 0.4) is 0 Å². The first-order valence-corrected chi connectivity index (χ1v) is 7.60. The molecule has 0 radical (unpaired) electrons. The van der Waals surface area contributed by atoms with Gasteiger partial charge < -0.3 is 10.6 Å². The first-order valence-electron chi connectivity index (χ1n) is 6.84. The Bertz CT molecular complexity index is 902. The molecule has 0 spiro atoms. The molecule has 0 fully saturated rings. The Kier molecular flexibility index (Phi) is 4.75. The molecule has 1 heterocycles. The van der Waals surface area contributed by atoms with Gasteiger partial charge in [-0.05, 0) is 24.3 Å². The molecular formula is C16H10Cl2N6. The van der Waals surface area contributed by atoms with Crippen LogP contribution >= 0.6 is 23.2 Å². The quantitative estimate of drug-likeness (QED) is 0.713. The number of rotatable bonds is 4. The number of anilines is 4. The molecule has 6 nitrogen and oxygen atoms in total. The number of benzene rings is 2. The number of hydrogen-bond donors (Lipinski definition) is 2. The number of hydrogen-bond acceptors (Lipinski definition) is 6. The van der Waals surface area contributed by atoms with Crippen molar-refractivity contribution in [3.05, 3.63) is 64.3 Å². The maximum Gasteiger partial charge on any atom is 0.249 e. The number of aromatic nitrogens is 3. The van der Waals surface area contributed by atoms with Gasteiger partial charge in [0.05, 0.1) is 33.2 Å². The second-order valence-corrected chi connectivity index (χ2v) is 5.48. The third-order valence-electron chi connectivity index (χ3n) is 3.07. The van der Waals surface area contributed by atoms with Gasteiger partial charge in [-0.1, -0.05) is 41.4 Å². The molecule has 1 aromatic heterocycles. The lowest BCUT2D eigenvalue weighted by Gasteiger charge is -2.10. The second-order valence-electron chi connectivity index (χ2n) is 4.67. The Morgan fingerprint density at radius 3 is 2.46 bits per heavy atom. The highest BCUT2D eigenvalue weighted by Gasteiger charge is 2.09. The van der Waals surface area contributed by atoms with Gasteiger partial charge in [0.2, 0.25) is 5.95 Å². The van der Waals surface area contributed by atoms with E-state index in [4.69, 9.17) is 28.5 Å². The molecular weight excluding hydrogens is 347 g/mol. The van der Waals surface area contributed by atoms with Crippen LogP contribution in [0.25, 0.3) is 0 Å². The number of para-hydroxylation sites is 2. The number of nitrogens with one attached hydrogen (secondary N) is 2. The third-order valence-corrected chi connectivity index (χ3v) is 3.70. The smallest absolute Gasteiger partial charge is 0.249 e. The first kappa shape index (κ1) is 16.0. The van der Waals surface area contributed by atoms with Crippen LogP contribution in [0.15, 0.2) is 48.7 Å². The lowest BCUT2D eigenvalue weighted by Crippen LogP contribution is -2.03. The Morgan fingerprint density at radius 2 is 1.71 bits per heavy atom. The van der Waals surface area contributed by atoms with Crippen molar-refractivity contribution in [3.8, 4) is 6.07 Å². The van der Waals surface area contributed by atoms with Crippen LogP contribution in [0.1, 0.15) is 5.56 Å². The summed E-state index contributed by atoms with van der Waals surface area (Å²) in [6.07, 6.45) is 1.45. The first-order chi connectivity index (χ1) is 11.7. The lowest BCUT2D eigenvalue weighted by molar-refractivity contribution is 0.982. The van der Waals surface area contributed by atoms with Crippen molar-refractivity contribution in [2.75, 3.05) is 10.6 Å². The van der Waals surface area contributed by atoms with Gasteiger partial charge in [0, 0.05) is 0 Å². The summed E-state index contributed by atoms with van der Waals surface area (Å²) in [7, 11) is 0. The predicted octanol–water partition coefficient (Wildman–Crippen LogP) is 4.54. The molecule has 3 rings (SSSR count). The van der Waals surface area contributed by atoms with Crippen LogP contribution in [0.5, 0.6) is 0 Å². The maximum absolute atomic E-state index is 9.12. The summed E-state index contributed by atoms with van der Waals surface area (Å²) in [5, 5.41) is 23.8. The van der Waals surface area contributed by atoms with E-state index in [1.54, 1.807) is 36.4 Å². The normalized spacial score (nSPS) is 10.0. The van der Waals surface area contributed by atoms with Gasteiger partial charge in [-0.2, -0.15) is 15.3 Å². The summed E-state index contributed by atoms with van der Waals surface area (Å²) >= 11 is 12.3. The van der Waals surface area contributed by atoms with E-state index in [-0.39, 0.29) is 5.95 Å². The second kappa shape index (κ2) is 7.13. The zero-order chi connectivity index (χ0) is 16.9. The zero-order valence-electron chi connectivity index (χ0n) is 12.2. The van der Waals surface area contributed by atoms with Gasteiger partial charge in [0.1, 0.15) is 6.07 Å². The highest BCUT2D eigenvalue weighted by atomic mass is 35.5. The third kappa shape index (κ3) is 3.54. The summed E-state index contributed by atoms with van der Waals surface area (Å²) in [6, 6.07) is 14.3. The van der Waals surface area contributed by atoms with E-state index in [0.29, 0.717) is 32.8 Å². The van der Waals surface area contributed by atoms with Gasteiger partial charge in [-0.3, -0.25) is 0 Å². The minimum absolute atomic E-state index is 0.242. The average molecular weight is 357 g/mol. The highest BCUT2D eigenvalue weighted by Crippen LogP contribution is 2.32. The standard InChI is InChI=1S/C16H10Cl2N6/c17-11-5-3-6-12(18)15(11)22-14-9-20-24-16(23-14)21-13-7-2-1-4-10(13)8-19/h1-7,9H,(H2,21,22,23,24). The van der Waals surface area contributed by atoms with Gasteiger partial charge >= 0.3 is 0 Å². The van der Waals surface area contributed by atoms with Crippen LogP contribution in [0.2, 0.25) is 10.0 Å². The van der Waals surface area contributed by atoms with E-state index in [0.717, 1.165) is 0 Å². The summed E-state index contributed by atoms with van der Waals surface area (Å²) in [5.41, 5.74) is 1.60. The van der Waals surface area contributed by atoms with Crippen LogP contribution in [0, 0.1) is 11.3 Å². The van der Waals surface area contributed by atoms with Crippen molar-refractivity contribution < 1.29 is 0 Å². The molecule has 3 aromatic rings. The van der Waals surface area contributed by atoms with E-state index in [1.807, 2.05) is 6.07 Å². The molecule has 0 bridgehead atoms. The molecule has 24 heavy (non-hydrogen) atoms. The molecule has 0 aliphatic heterocycles. The molecule has 0 saturated heterocycles. The Hall–Kier alpha value is -2.88. The predicted molar refractivity (Wildman–Crippen MR) is 94.0 cm³/mol. The monoisotopic (exact) mass is 356 g/mol. The number of halogens is 2. The van der Waals surface area contributed by atoms with Gasteiger partial charge in [-0.15, -0.1) is 5.10 Å². The van der Waals surface area contributed by atoms with E-state index in [2.05, 4.69) is 31.9 Å². The topological polar surface area (TPSA) is 86.5 Å². The molecule has 2 N–H and O–H groups in total. The van der Waals surface area contributed by atoms with Crippen molar-refractivity contribution in [1.82, 2.24) is 15.2 Å². The van der Waals surface area contributed by atoms with Crippen molar-refractivity contribution in [3.63, 3.8) is 0 Å². The van der Waals surface area contributed by atoms with Crippen LogP contribution in [-0.4, -0.2) is 15.2 Å². The fourth-order valence-electron chi connectivity index (χ4n) is 1.97. The number of nitriles is 1. The van der Waals surface area contributed by atoms with E-state index in [9.17, 15) is 0 Å². The van der Waals surface area contributed by atoms with Crippen molar-refractivity contribution in [1.29, 1.82) is 5.26 Å². The lowest BCUT2D eigenvalue weighted by atomic mass is 10.2. The summed E-state index contributed by atoms with van der Waals surface area (Å²) in [5.74, 6) is 0.655. The van der Waals surface area contributed by atoms with Crippen LogP contribution in [-0.2, 0) is 0 Å². The molecule has 0 aliphatic rings. The van der Waals surface area contributed by atoms with Gasteiger partial charge in [0.25, 0.3) is 0 Å². The van der Waals surface area contributed by atoms with Gasteiger partial charge in [0.15, 0.2) is 5.82 Å². The molecule has 0 amide bonds. The van der Waals surface area contributed by atoms with Crippen molar-refractivity contribution in [2.24, 2.45) is 0 Å². The molecule has 118 valence electrons. The molecule has 2 aromatic carbocycles. The van der Waals surface area contributed by atoms with Crippen molar-refractivity contribution in [2.45, 2.75) is 0 Å². The van der Waals surface area contributed by atoms with Gasteiger partial charge in [-0.25, -0.2) is 0 Å². The van der Waals surface area contributed by atoms with Crippen LogP contribution < -0.4 is 10.6 Å². The average Bonchev–Trinajstić information content (AvgIpc) is 2.59. The fourth-order valence-corrected chi connectivity index (χ4v) is 2.46. The minimum Gasteiger partial charge on any atom is -0.336 e. The van der Waals surface area contributed by atoms with E-state index >= 15 is 0 Å². The SMILES string of the molecule is N#Cc1ccccc1Nc1nncc(Nc2c(Cl)cccc2Cl)n1. The Balaban J connectivity index is 1.86. The Morgan fingerprint density at radius 1 is 0.958 bits per heavy atom. The zero-order valence-corrected chi connectivity index (χ0v) is 13.7. The molecule has 0 atom stereocenters. The highest BCUT2D eigenvalue weighted by molar-refractivity contribution is 6.39. The molecule has 0 saturated carbocycles. The fraction of sp³-hybridized carbons (Fsp3) is 0. The summed E-state index contributed by atoms with van der Waals surface area (Å²) in [6.45, 7) is 0. The minimum atomic E-state index is 0.242. The summed E-state index contributed by atoms with van der Waals surface area (Å²) in [4.78, 5) is 4.30. The Labute approximate surface area is 148 Å². The maximum atomic E-state index is 9.12. The molecule has 0 aliphatic carbocycles. The molecule has 8 heteroatoms.